The standard InChI is InChI=1S/C20H23N3O/c1-15-19(14-16-10-12-17(13-11-16)21(2)3)20(24)23(22(15)4)18-8-6-5-7-9-18/h5-13H,14H2,1-4H3. The minimum atomic E-state index is 0.0536. The Labute approximate surface area is 142 Å². The zero-order valence-corrected chi connectivity index (χ0v) is 14.7. The van der Waals surface area contributed by atoms with E-state index in [0.29, 0.717) is 6.42 Å². The van der Waals surface area contributed by atoms with Gasteiger partial charge in [0.25, 0.3) is 5.56 Å². The lowest BCUT2D eigenvalue weighted by molar-refractivity contribution is 0.630. The van der Waals surface area contributed by atoms with Gasteiger partial charge < -0.3 is 4.90 Å². The Morgan fingerprint density at radius 3 is 2.17 bits per heavy atom. The number of rotatable bonds is 4. The fourth-order valence-electron chi connectivity index (χ4n) is 2.94. The van der Waals surface area contributed by atoms with Crippen molar-refractivity contribution in [2.24, 2.45) is 7.05 Å². The fraction of sp³-hybridized carbons (Fsp3) is 0.250. The van der Waals surface area contributed by atoms with Gasteiger partial charge in [0.15, 0.2) is 0 Å². The van der Waals surface area contributed by atoms with Crippen molar-refractivity contribution in [3.8, 4) is 5.69 Å². The average Bonchev–Trinajstić information content (AvgIpc) is 2.80. The topological polar surface area (TPSA) is 30.2 Å². The minimum absolute atomic E-state index is 0.0536. The molecule has 124 valence electrons. The predicted octanol–water partition coefficient (Wildman–Crippen LogP) is 3.14. The van der Waals surface area contributed by atoms with Crippen LogP contribution in [0.3, 0.4) is 0 Å². The van der Waals surface area contributed by atoms with Crippen LogP contribution in [0.5, 0.6) is 0 Å². The van der Waals surface area contributed by atoms with Gasteiger partial charge >= 0.3 is 0 Å². The molecule has 0 bridgehead atoms. The van der Waals surface area contributed by atoms with Crippen LogP contribution in [0, 0.1) is 6.92 Å². The van der Waals surface area contributed by atoms with Gasteiger partial charge in [-0.3, -0.25) is 9.48 Å². The molecule has 0 saturated carbocycles. The van der Waals surface area contributed by atoms with E-state index in [1.165, 1.54) is 0 Å². The SMILES string of the molecule is Cc1c(Cc2ccc(N(C)C)cc2)c(=O)n(-c2ccccc2)n1C. The Bertz CT molecular complexity index is 887. The molecular formula is C20H23N3O. The summed E-state index contributed by atoms with van der Waals surface area (Å²) in [5.41, 5.74) is 5.09. The van der Waals surface area contributed by atoms with Crippen LogP contribution in [-0.2, 0) is 13.5 Å². The molecule has 3 rings (SSSR count). The van der Waals surface area contributed by atoms with Crippen molar-refractivity contribution < 1.29 is 0 Å². The van der Waals surface area contributed by atoms with Crippen molar-refractivity contribution in [3.05, 3.63) is 81.8 Å². The van der Waals surface area contributed by atoms with Crippen molar-refractivity contribution in [2.45, 2.75) is 13.3 Å². The first-order valence-corrected chi connectivity index (χ1v) is 8.08. The van der Waals surface area contributed by atoms with E-state index >= 15 is 0 Å². The zero-order chi connectivity index (χ0) is 17.3. The van der Waals surface area contributed by atoms with Gasteiger partial charge in [-0.25, -0.2) is 4.68 Å². The van der Waals surface area contributed by atoms with Crippen LogP contribution in [0.25, 0.3) is 5.69 Å². The van der Waals surface area contributed by atoms with E-state index in [1.54, 1.807) is 4.68 Å². The smallest absolute Gasteiger partial charge is 0.275 e. The first-order chi connectivity index (χ1) is 11.5. The molecule has 0 fully saturated rings. The largest absolute Gasteiger partial charge is 0.378 e. The zero-order valence-electron chi connectivity index (χ0n) is 14.7. The highest BCUT2D eigenvalue weighted by Crippen LogP contribution is 2.17. The summed E-state index contributed by atoms with van der Waals surface area (Å²) in [5.74, 6) is 0. The van der Waals surface area contributed by atoms with E-state index in [1.807, 2.05) is 63.1 Å². The summed E-state index contributed by atoms with van der Waals surface area (Å²) in [4.78, 5) is 15.0. The second-order valence-corrected chi connectivity index (χ2v) is 6.28. The predicted molar refractivity (Wildman–Crippen MR) is 99.3 cm³/mol. The van der Waals surface area contributed by atoms with E-state index in [2.05, 4.69) is 29.2 Å². The van der Waals surface area contributed by atoms with E-state index in [0.717, 1.165) is 28.2 Å². The molecule has 0 unspecified atom stereocenters. The molecule has 3 aromatic rings. The van der Waals surface area contributed by atoms with Crippen molar-refractivity contribution in [2.75, 3.05) is 19.0 Å². The van der Waals surface area contributed by atoms with Crippen LogP contribution in [-0.4, -0.2) is 23.5 Å². The third-order valence-corrected chi connectivity index (χ3v) is 4.51. The first-order valence-electron chi connectivity index (χ1n) is 8.08. The van der Waals surface area contributed by atoms with Crippen LogP contribution in [0.2, 0.25) is 0 Å². The van der Waals surface area contributed by atoms with Gasteiger partial charge in [0, 0.05) is 44.5 Å². The van der Waals surface area contributed by atoms with Gasteiger partial charge in [-0.1, -0.05) is 30.3 Å². The molecule has 0 N–H and O–H groups in total. The Kier molecular flexibility index (Phi) is 4.30. The number of benzene rings is 2. The summed E-state index contributed by atoms with van der Waals surface area (Å²) < 4.78 is 3.67. The summed E-state index contributed by atoms with van der Waals surface area (Å²) in [6, 6.07) is 18.1. The van der Waals surface area contributed by atoms with Gasteiger partial charge in [0.05, 0.1) is 5.69 Å². The molecule has 0 aliphatic carbocycles. The Hall–Kier alpha value is -2.75. The second kappa shape index (κ2) is 6.40. The van der Waals surface area contributed by atoms with Crippen LogP contribution in [0.15, 0.2) is 59.4 Å². The van der Waals surface area contributed by atoms with Crippen LogP contribution in [0.1, 0.15) is 16.8 Å². The molecule has 0 aliphatic rings. The number of aromatic nitrogens is 2. The third-order valence-electron chi connectivity index (χ3n) is 4.51. The van der Waals surface area contributed by atoms with Crippen molar-refractivity contribution in [1.29, 1.82) is 0 Å². The summed E-state index contributed by atoms with van der Waals surface area (Å²) in [6.07, 6.45) is 0.645. The Balaban J connectivity index is 1.99. The first kappa shape index (κ1) is 16.1. The Morgan fingerprint density at radius 2 is 1.58 bits per heavy atom. The molecule has 1 heterocycles. The van der Waals surface area contributed by atoms with Crippen LogP contribution >= 0.6 is 0 Å². The van der Waals surface area contributed by atoms with E-state index in [-0.39, 0.29) is 5.56 Å². The maximum absolute atomic E-state index is 12.9. The molecule has 0 amide bonds. The van der Waals surface area contributed by atoms with Gasteiger partial charge in [0.1, 0.15) is 0 Å². The van der Waals surface area contributed by atoms with Crippen molar-refractivity contribution in [1.82, 2.24) is 9.36 Å². The molecule has 0 saturated heterocycles. The van der Waals surface area contributed by atoms with E-state index < -0.39 is 0 Å². The maximum atomic E-state index is 12.9. The van der Waals surface area contributed by atoms with Gasteiger partial charge in [-0.2, -0.15) is 0 Å². The van der Waals surface area contributed by atoms with Crippen molar-refractivity contribution >= 4 is 5.69 Å². The summed E-state index contributed by atoms with van der Waals surface area (Å²) in [6.45, 7) is 2.00. The lowest BCUT2D eigenvalue weighted by Gasteiger charge is -2.12. The monoisotopic (exact) mass is 321 g/mol. The lowest BCUT2D eigenvalue weighted by Crippen LogP contribution is -2.21. The van der Waals surface area contributed by atoms with E-state index in [9.17, 15) is 4.79 Å². The molecule has 4 nitrogen and oxygen atoms in total. The number of hydrogen-bond donors (Lipinski definition) is 0. The molecule has 0 aliphatic heterocycles. The summed E-state index contributed by atoms with van der Waals surface area (Å²) in [7, 11) is 5.98. The Morgan fingerprint density at radius 1 is 0.958 bits per heavy atom. The quantitative estimate of drug-likeness (QED) is 0.739. The second-order valence-electron chi connectivity index (χ2n) is 6.28. The molecular weight excluding hydrogens is 298 g/mol. The van der Waals surface area contributed by atoms with Gasteiger partial charge in [-0.15, -0.1) is 0 Å². The molecule has 0 atom stereocenters. The highest BCUT2D eigenvalue weighted by Gasteiger charge is 2.16. The maximum Gasteiger partial charge on any atom is 0.275 e. The molecule has 0 radical (unpaired) electrons. The molecule has 4 heteroatoms. The van der Waals surface area contributed by atoms with Gasteiger partial charge in [-0.05, 0) is 36.8 Å². The van der Waals surface area contributed by atoms with Gasteiger partial charge in [0.2, 0.25) is 0 Å². The average molecular weight is 321 g/mol. The normalized spacial score (nSPS) is 10.8. The van der Waals surface area contributed by atoms with Crippen molar-refractivity contribution in [3.63, 3.8) is 0 Å². The summed E-state index contributed by atoms with van der Waals surface area (Å²) >= 11 is 0. The van der Waals surface area contributed by atoms with Crippen LogP contribution in [0.4, 0.5) is 5.69 Å². The molecule has 2 aromatic carbocycles. The number of para-hydroxylation sites is 1. The highest BCUT2D eigenvalue weighted by atomic mass is 16.1. The van der Waals surface area contributed by atoms with E-state index in [4.69, 9.17) is 0 Å². The highest BCUT2D eigenvalue weighted by molar-refractivity contribution is 5.47. The van der Waals surface area contributed by atoms with Crippen LogP contribution < -0.4 is 10.5 Å². The molecule has 0 spiro atoms. The molecule has 24 heavy (non-hydrogen) atoms. The third kappa shape index (κ3) is 2.87. The minimum Gasteiger partial charge on any atom is -0.378 e. The number of hydrogen-bond acceptors (Lipinski definition) is 2. The number of nitrogens with zero attached hydrogens (tertiary/aromatic N) is 3. The lowest BCUT2D eigenvalue weighted by atomic mass is 10.1. The number of anilines is 1. The summed E-state index contributed by atoms with van der Waals surface area (Å²) in [5, 5.41) is 0. The molecule has 1 aromatic heterocycles. The fourth-order valence-corrected chi connectivity index (χ4v) is 2.94.